The van der Waals surface area contributed by atoms with Crippen molar-refractivity contribution in [2.75, 3.05) is 6.61 Å². The molecule has 0 unspecified atom stereocenters. The van der Waals surface area contributed by atoms with Gasteiger partial charge in [-0.3, -0.25) is 4.79 Å². The van der Waals surface area contributed by atoms with E-state index in [1.807, 2.05) is 49.4 Å². The van der Waals surface area contributed by atoms with Gasteiger partial charge in [0.05, 0.1) is 28.3 Å². The van der Waals surface area contributed by atoms with Crippen LogP contribution < -0.4 is 0 Å². The minimum atomic E-state index is -0.185. The Hall–Kier alpha value is -2.20. The normalized spacial score (nSPS) is 10.8. The van der Waals surface area contributed by atoms with Crippen LogP contribution in [0.15, 0.2) is 48.5 Å². The van der Waals surface area contributed by atoms with E-state index in [4.69, 9.17) is 4.74 Å². The fourth-order valence-electron chi connectivity index (χ4n) is 2.29. The third-order valence-electron chi connectivity index (χ3n) is 3.51. The lowest BCUT2D eigenvalue weighted by atomic mass is 10.1. The number of rotatable bonds is 5. The Bertz CT molecular complexity index is 761. The van der Waals surface area contributed by atoms with Gasteiger partial charge in [-0.25, -0.2) is 4.98 Å². The lowest BCUT2D eigenvalue weighted by molar-refractivity contribution is -0.142. The molecule has 3 aromatic rings. The van der Waals surface area contributed by atoms with Crippen molar-refractivity contribution in [1.82, 2.24) is 4.98 Å². The molecule has 0 aliphatic heterocycles. The maximum Gasteiger partial charge on any atom is 0.310 e. The molecule has 2 aromatic carbocycles. The van der Waals surface area contributed by atoms with Gasteiger partial charge in [0.1, 0.15) is 0 Å². The molecule has 1 heterocycles. The summed E-state index contributed by atoms with van der Waals surface area (Å²) in [6, 6.07) is 15.9. The number of fused-ring (bicyclic) bond motifs is 1. The summed E-state index contributed by atoms with van der Waals surface area (Å²) in [4.78, 5) is 16.4. The molecule has 0 N–H and O–H groups in total. The molecule has 0 radical (unpaired) electrons. The van der Waals surface area contributed by atoms with Crippen LogP contribution in [0, 0.1) is 6.92 Å². The van der Waals surface area contributed by atoms with E-state index in [1.54, 1.807) is 11.3 Å². The van der Waals surface area contributed by atoms with E-state index in [0.29, 0.717) is 19.4 Å². The molecule has 3 nitrogen and oxygen atoms in total. The predicted octanol–water partition coefficient (Wildman–Crippen LogP) is 3.93. The Balaban J connectivity index is 1.52. The minimum Gasteiger partial charge on any atom is -0.465 e. The van der Waals surface area contributed by atoms with Crippen LogP contribution in [0.4, 0.5) is 0 Å². The highest BCUT2D eigenvalue weighted by Gasteiger charge is 2.08. The van der Waals surface area contributed by atoms with Crippen molar-refractivity contribution in [2.45, 2.75) is 19.8 Å². The Morgan fingerprint density at radius 2 is 1.91 bits per heavy atom. The molecule has 4 heteroatoms. The second kappa shape index (κ2) is 6.71. The number of carbonyl (C=O) groups excluding carboxylic acids is 1. The number of ether oxygens (including phenoxy) is 1. The van der Waals surface area contributed by atoms with E-state index in [-0.39, 0.29) is 5.97 Å². The van der Waals surface area contributed by atoms with Crippen molar-refractivity contribution in [3.05, 3.63) is 64.7 Å². The molecular formula is C18H17NO2S. The van der Waals surface area contributed by atoms with Gasteiger partial charge in [-0.1, -0.05) is 36.4 Å². The van der Waals surface area contributed by atoms with Crippen LogP contribution in [0.25, 0.3) is 10.2 Å². The Labute approximate surface area is 133 Å². The Morgan fingerprint density at radius 3 is 2.73 bits per heavy atom. The average Bonchev–Trinajstić information content (AvgIpc) is 2.92. The standard InChI is InChI=1S/C18H17NO2S/c1-13-6-2-3-7-14(13)12-18(20)21-11-10-17-19-15-8-4-5-9-16(15)22-17/h2-9H,10-12H2,1H3. The highest BCUT2D eigenvalue weighted by Crippen LogP contribution is 2.21. The number of para-hydroxylation sites is 1. The molecule has 0 atom stereocenters. The molecule has 22 heavy (non-hydrogen) atoms. The summed E-state index contributed by atoms with van der Waals surface area (Å²) < 4.78 is 6.50. The van der Waals surface area contributed by atoms with E-state index in [2.05, 4.69) is 11.1 Å². The first-order chi connectivity index (χ1) is 10.7. The van der Waals surface area contributed by atoms with Gasteiger partial charge < -0.3 is 4.74 Å². The first-order valence-electron chi connectivity index (χ1n) is 7.27. The summed E-state index contributed by atoms with van der Waals surface area (Å²) in [5.74, 6) is -0.185. The van der Waals surface area contributed by atoms with Gasteiger partial charge in [0.15, 0.2) is 0 Å². The van der Waals surface area contributed by atoms with Crippen LogP contribution in [0.1, 0.15) is 16.1 Å². The molecular weight excluding hydrogens is 294 g/mol. The zero-order chi connectivity index (χ0) is 15.4. The predicted molar refractivity (Wildman–Crippen MR) is 89.2 cm³/mol. The summed E-state index contributed by atoms with van der Waals surface area (Å²) in [6.07, 6.45) is 0.991. The molecule has 0 aliphatic carbocycles. The van der Waals surface area contributed by atoms with Crippen molar-refractivity contribution in [2.24, 2.45) is 0 Å². The summed E-state index contributed by atoms with van der Waals surface area (Å²) in [6.45, 7) is 2.38. The summed E-state index contributed by atoms with van der Waals surface area (Å²) >= 11 is 1.65. The molecule has 0 bridgehead atoms. The van der Waals surface area contributed by atoms with Gasteiger partial charge in [-0.2, -0.15) is 0 Å². The van der Waals surface area contributed by atoms with E-state index in [9.17, 15) is 4.79 Å². The Morgan fingerprint density at radius 1 is 1.14 bits per heavy atom. The summed E-state index contributed by atoms with van der Waals surface area (Å²) in [5, 5.41) is 1.00. The van der Waals surface area contributed by atoms with E-state index in [1.165, 1.54) is 4.70 Å². The maximum absolute atomic E-state index is 11.9. The first kappa shape index (κ1) is 14.7. The zero-order valence-electron chi connectivity index (χ0n) is 12.4. The summed E-state index contributed by atoms with van der Waals surface area (Å²) in [7, 11) is 0. The topological polar surface area (TPSA) is 39.2 Å². The van der Waals surface area contributed by atoms with Crippen LogP contribution in [0.3, 0.4) is 0 Å². The number of esters is 1. The molecule has 0 saturated carbocycles. The number of thiazole rings is 1. The zero-order valence-corrected chi connectivity index (χ0v) is 13.2. The Kier molecular flexibility index (Phi) is 4.49. The van der Waals surface area contributed by atoms with Crippen molar-refractivity contribution < 1.29 is 9.53 Å². The SMILES string of the molecule is Cc1ccccc1CC(=O)OCCc1nc2ccccc2s1. The quantitative estimate of drug-likeness (QED) is 0.670. The van der Waals surface area contributed by atoms with Gasteiger partial charge in [0.2, 0.25) is 0 Å². The van der Waals surface area contributed by atoms with Gasteiger partial charge in [0, 0.05) is 6.42 Å². The molecule has 0 fully saturated rings. The molecule has 1 aromatic heterocycles. The highest BCUT2D eigenvalue weighted by atomic mass is 32.1. The fourth-order valence-corrected chi connectivity index (χ4v) is 3.24. The van der Waals surface area contributed by atoms with Crippen molar-refractivity contribution >= 4 is 27.5 Å². The second-order valence-electron chi connectivity index (χ2n) is 5.15. The lowest BCUT2D eigenvalue weighted by Crippen LogP contribution is -2.11. The maximum atomic E-state index is 11.9. The van der Waals surface area contributed by atoms with Crippen LogP contribution in [-0.4, -0.2) is 17.6 Å². The molecule has 3 rings (SSSR count). The lowest BCUT2D eigenvalue weighted by Gasteiger charge is -2.06. The van der Waals surface area contributed by atoms with Crippen molar-refractivity contribution in [3.63, 3.8) is 0 Å². The monoisotopic (exact) mass is 311 g/mol. The van der Waals surface area contributed by atoms with E-state index < -0.39 is 0 Å². The number of carbonyl (C=O) groups is 1. The molecule has 0 aliphatic rings. The number of benzene rings is 2. The third kappa shape index (κ3) is 3.52. The minimum absolute atomic E-state index is 0.185. The van der Waals surface area contributed by atoms with Crippen LogP contribution >= 0.6 is 11.3 Å². The van der Waals surface area contributed by atoms with Gasteiger partial charge in [-0.05, 0) is 30.2 Å². The number of nitrogens with zero attached hydrogens (tertiary/aromatic N) is 1. The number of hydrogen-bond acceptors (Lipinski definition) is 4. The smallest absolute Gasteiger partial charge is 0.310 e. The van der Waals surface area contributed by atoms with Gasteiger partial charge >= 0.3 is 5.97 Å². The second-order valence-corrected chi connectivity index (χ2v) is 6.26. The molecule has 112 valence electrons. The van der Waals surface area contributed by atoms with Crippen molar-refractivity contribution in [1.29, 1.82) is 0 Å². The van der Waals surface area contributed by atoms with Crippen LogP contribution in [0.2, 0.25) is 0 Å². The third-order valence-corrected chi connectivity index (χ3v) is 4.61. The molecule has 0 saturated heterocycles. The van der Waals surface area contributed by atoms with Gasteiger partial charge in [-0.15, -0.1) is 11.3 Å². The largest absolute Gasteiger partial charge is 0.465 e. The number of aryl methyl sites for hydroxylation is 1. The average molecular weight is 311 g/mol. The summed E-state index contributed by atoms with van der Waals surface area (Å²) in [5.41, 5.74) is 3.15. The number of hydrogen-bond donors (Lipinski definition) is 0. The van der Waals surface area contributed by atoms with Crippen LogP contribution in [0.5, 0.6) is 0 Å². The van der Waals surface area contributed by atoms with Crippen molar-refractivity contribution in [3.8, 4) is 0 Å². The fraction of sp³-hybridized carbons (Fsp3) is 0.222. The van der Waals surface area contributed by atoms with Crippen LogP contribution in [-0.2, 0) is 22.4 Å². The molecule has 0 amide bonds. The van der Waals surface area contributed by atoms with Gasteiger partial charge in [0.25, 0.3) is 0 Å². The highest BCUT2D eigenvalue weighted by molar-refractivity contribution is 7.18. The van der Waals surface area contributed by atoms with E-state index in [0.717, 1.165) is 21.7 Å². The molecule has 0 spiro atoms. The number of aromatic nitrogens is 1. The first-order valence-corrected chi connectivity index (χ1v) is 8.08. The van der Waals surface area contributed by atoms with E-state index >= 15 is 0 Å².